The van der Waals surface area contributed by atoms with Crippen molar-refractivity contribution >= 4 is 5.91 Å². The van der Waals surface area contributed by atoms with Crippen LogP contribution in [0.2, 0.25) is 0 Å². The van der Waals surface area contributed by atoms with Gasteiger partial charge in [-0.25, -0.2) is 4.98 Å². The summed E-state index contributed by atoms with van der Waals surface area (Å²) in [5.41, 5.74) is 4.83. The summed E-state index contributed by atoms with van der Waals surface area (Å²) in [6.45, 7) is 9.63. The number of nitrogens with two attached hydrogens (primary N) is 1. The standard InChI is InChI=1S/C12H23N5O/c1-8-14-9(16-15-8)7-17(6)10(18)11(2,3)12(4,5)13/h7,13H2,1-6H3,(H,14,15,16). The SMILES string of the molecule is Cc1nc(CN(C)C(=O)C(C)(C)C(C)(C)N)n[nH]1. The number of rotatable bonds is 4. The van der Waals surface area contributed by atoms with Crippen molar-refractivity contribution in [3.63, 3.8) is 0 Å². The first-order valence-electron chi connectivity index (χ1n) is 5.98. The fourth-order valence-electron chi connectivity index (χ4n) is 1.50. The maximum absolute atomic E-state index is 12.4. The van der Waals surface area contributed by atoms with Gasteiger partial charge in [-0.15, -0.1) is 0 Å². The third-order valence-corrected chi connectivity index (χ3v) is 3.51. The fourth-order valence-corrected chi connectivity index (χ4v) is 1.50. The van der Waals surface area contributed by atoms with Crippen molar-refractivity contribution in [2.75, 3.05) is 7.05 Å². The lowest BCUT2D eigenvalue weighted by Crippen LogP contribution is -2.55. The maximum atomic E-state index is 12.4. The number of H-pyrrole nitrogens is 1. The Labute approximate surface area is 108 Å². The highest BCUT2D eigenvalue weighted by Crippen LogP contribution is 2.30. The second-order valence-electron chi connectivity index (χ2n) is 5.84. The fraction of sp³-hybridized carbons (Fsp3) is 0.750. The highest BCUT2D eigenvalue weighted by Gasteiger charge is 2.42. The van der Waals surface area contributed by atoms with Crippen molar-refractivity contribution in [2.24, 2.45) is 11.1 Å². The van der Waals surface area contributed by atoms with Gasteiger partial charge in [0.1, 0.15) is 5.82 Å². The minimum atomic E-state index is -0.646. The Bertz CT molecular complexity index is 430. The van der Waals surface area contributed by atoms with Crippen LogP contribution >= 0.6 is 0 Å². The van der Waals surface area contributed by atoms with Crippen LogP contribution in [-0.2, 0) is 11.3 Å². The molecule has 0 spiro atoms. The van der Waals surface area contributed by atoms with Crippen LogP contribution in [0.5, 0.6) is 0 Å². The van der Waals surface area contributed by atoms with Crippen molar-refractivity contribution in [1.82, 2.24) is 20.1 Å². The molecule has 102 valence electrons. The average Bonchev–Trinajstić information content (AvgIpc) is 2.61. The van der Waals surface area contributed by atoms with Crippen molar-refractivity contribution in [2.45, 2.75) is 46.7 Å². The number of aromatic nitrogens is 3. The molecule has 1 aromatic rings. The zero-order chi connectivity index (χ0) is 14.1. The average molecular weight is 253 g/mol. The van der Waals surface area contributed by atoms with Gasteiger partial charge in [0.15, 0.2) is 5.82 Å². The van der Waals surface area contributed by atoms with Gasteiger partial charge in [-0.1, -0.05) is 0 Å². The first-order valence-corrected chi connectivity index (χ1v) is 5.98. The van der Waals surface area contributed by atoms with Gasteiger partial charge in [-0.05, 0) is 34.6 Å². The van der Waals surface area contributed by atoms with Crippen molar-refractivity contribution in [1.29, 1.82) is 0 Å². The van der Waals surface area contributed by atoms with E-state index in [1.165, 1.54) is 0 Å². The third kappa shape index (κ3) is 2.87. The monoisotopic (exact) mass is 253 g/mol. The van der Waals surface area contributed by atoms with E-state index in [0.29, 0.717) is 12.4 Å². The molecule has 0 saturated heterocycles. The van der Waals surface area contributed by atoms with E-state index >= 15 is 0 Å². The lowest BCUT2D eigenvalue weighted by molar-refractivity contribution is -0.142. The van der Waals surface area contributed by atoms with Crippen molar-refractivity contribution < 1.29 is 4.79 Å². The number of amides is 1. The van der Waals surface area contributed by atoms with Gasteiger partial charge in [0.05, 0.1) is 12.0 Å². The summed E-state index contributed by atoms with van der Waals surface area (Å²) in [4.78, 5) is 18.2. The first-order chi connectivity index (χ1) is 8.05. The lowest BCUT2D eigenvalue weighted by Gasteiger charge is -2.39. The Morgan fingerprint density at radius 3 is 2.33 bits per heavy atom. The molecule has 1 amide bonds. The summed E-state index contributed by atoms with van der Waals surface area (Å²) < 4.78 is 0. The van der Waals surface area contributed by atoms with Crippen LogP contribution in [0.4, 0.5) is 0 Å². The number of aromatic amines is 1. The molecule has 0 aromatic carbocycles. The summed E-state index contributed by atoms with van der Waals surface area (Å²) in [5, 5.41) is 6.78. The van der Waals surface area contributed by atoms with Crippen LogP contribution in [0, 0.1) is 12.3 Å². The molecular weight excluding hydrogens is 230 g/mol. The van der Waals surface area contributed by atoms with Gasteiger partial charge in [-0.3, -0.25) is 9.89 Å². The number of aryl methyl sites for hydroxylation is 1. The number of hydrogen-bond acceptors (Lipinski definition) is 4. The molecule has 0 saturated carbocycles. The van der Waals surface area contributed by atoms with E-state index in [-0.39, 0.29) is 5.91 Å². The Morgan fingerprint density at radius 1 is 1.39 bits per heavy atom. The largest absolute Gasteiger partial charge is 0.338 e. The second kappa shape index (κ2) is 4.68. The van der Waals surface area contributed by atoms with Gasteiger partial charge in [0.25, 0.3) is 0 Å². The number of hydrogen-bond donors (Lipinski definition) is 2. The molecule has 3 N–H and O–H groups in total. The van der Waals surface area contributed by atoms with E-state index in [0.717, 1.165) is 5.82 Å². The normalized spacial score (nSPS) is 12.6. The van der Waals surface area contributed by atoms with E-state index in [4.69, 9.17) is 5.73 Å². The summed E-state index contributed by atoms with van der Waals surface area (Å²) >= 11 is 0. The lowest BCUT2D eigenvalue weighted by atomic mass is 9.74. The Balaban J connectivity index is 2.79. The smallest absolute Gasteiger partial charge is 0.230 e. The number of nitrogens with zero attached hydrogens (tertiary/aromatic N) is 3. The summed E-state index contributed by atoms with van der Waals surface area (Å²) in [5.74, 6) is 1.33. The minimum Gasteiger partial charge on any atom is -0.338 e. The zero-order valence-electron chi connectivity index (χ0n) is 12.0. The van der Waals surface area contributed by atoms with Crippen LogP contribution in [-0.4, -0.2) is 38.6 Å². The highest BCUT2D eigenvalue weighted by molar-refractivity contribution is 5.83. The van der Waals surface area contributed by atoms with E-state index < -0.39 is 11.0 Å². The van der Waals surface area contributed by atoms with Crippen LogP contribution in [0.1, 0.15) is 39.3 Å². The van der Waals surface area contributed by atoms with Gasteiger partial charge in [-0.2, -0.15) is 5.10 Å². The van der Waals surface area contributed by atoms with Crippen LogP contribution < -0.4 is 5.73 Å². The van der Waals surface area contributed by atoms with E-state index in [2.05, 4.69) is 15.2 Å². The quantitative estimate of drug-likeness (QED) is 0.832. The van der Waals surface area contributed by atoms with E-state index in [1.807, 2.05) is 34.6 Å². The molecule has 0 aliphatic rings. The molecule has 0 fully saturated rings. The second-order valence-corrected chi connectivity index (χ2v) is 5.84. The Morgan fingerprint density at radius 2 is 1.94 bits per heavy atom. The topological polar surface area (TPSA) is 87.9 Å². The summed E-state index contributed by atoms with van der Waals surface area (Å²) in [6.07, 6.45) is 0. The minimum absolute atomic E-state index is 0.0162. The van der Waals surface area contributed by atoms with Gasteiger partial charge >= 0.3 is 0 Å². The van der Waals surface area contributed by atoms with Crippen LogP contribution in [0.3, 0.4) is 0 Å². The maximum Gasteiger partial charge on any atom is 0.230 e. The van der Waals surface area contributed by atoms with Gasteiger partial charge < -0.3 is 10.6 Å². The molecule has 0 radical (unpaired) electrons. The number of carbonyl (C=O) groups excluding carboxylic acids is 1. The predicted octanol–water partition coefficient (Wildman–Crippen LogP) is 0.835. The molecule has 0 aliphatic carbocycles. The van der Waals surface area contributed by atoms with Gasteiger partial charge in [0, 0.05) is 12.6 Å². The van der Waals surface area contributed by atoms with Crippen LogP contribution in [0.25, 0.3) is 0 Å². The Hall–Kier alpha value is -1.43. The van der Waals surface area contributed by atoms with E-state index in [1.54, 1.807) is 11.9 Å². The molecule has 1 rings (SSSR count). The Kier molecular flexibility index (Phi) is 3.81. The van der Waals surface area contributed by atoms with Gasteiger partial charge in [0.2, 0.25) is 5.91 Å². The molecular formula is C12H23N5O. The number of nitrogens with one attached hydrogen (secondary N) is 1. The number of carbonyl (C=O) groups is 1. The van der Waals surface area contributed by atoms with Crippen LogP contribution in [0.15, 0.2) is 0 Å². The highest BCUT2D eigenvalue weighted by atomic mass is 16.2. The molecule has 0 atom stereocenters. The molecule has 1 aromatic heterocycles. The molecule has 1 heterocycles. The molecule has 6 nitrogen and oxygen atoms in total. The molecule has 0 bridgehead atoms. The van der Waals surface area contributed by atoms with Crippen molar-refractivity contribution in [3.05, 3.63) is 11.6 Å². The van der Waals surface area contributed by atoms with Crippen molar-refractivity contribution in [3.8, 4) is 0 Å². The summed E-state index contributed by atoms with van der Waals surface area (Å²) in [7, 11) is 1.74. The first kappa shape index (κ1) is 14.6. The predicted molar refractivity (Wildman–Crippen MR) is 69.6 cm³/mol. The zero-order valence-corrected chi connectivity index (χ0v) is 12.0. The molecule has 18 heavy (non-hydrogen) atoms. The molecule has 0 aliphatic heterocycles. The third-order valence-electron chi connectivity index (χ3n) is 3.51. The van der Waals surface area contributed by atoms with E-state index in [9.17, 15) is 4.79 Å². The molecule has 6 heteroatoms. The molecule has 0 unspecified atom stereocenters. The summed E-state index contributed by atoms with van der Waals surface area (Å²) in [6, 6.07) is 0.